The van der Waals surface area contributed by atoms with Gasteiger partial charge in [-0.25, -0.2) is 8.42 Å². The van der Waals surface area contributed by atoms with Crippen molar-refractivity contribution in [3.8, 4) is 5.75 Å². The van der Waals surface area contributed by atoms with E-state index in [1.807, 2.05) is 30.3 Å². The zero-order valence-electron chi connectivity index (χ0n) is 23.3. The molecule has 0 fully saturated rings. The van der Waals surface area contributed by atoms with Crippen LogP contribution in [0, 0.1) is 0 Å². The first-order chi connectivity index (χ1) is 21.1. The predicted molar refractivity (Wildman–Crippen MR) is 175 cm³/mol. The zero-order chi connectivity index (χ0) is 31.3. The average molecular weight is 717 g/mol. The van der Waals surface area contributed by atoms with Crippen molar-refractivity contribution in [3.63, 3.8) is 0 Å². The van der Waals surface area contributed by atoms with Gasteiger partial charge in [0.25, 0.3) is 5.91 Å². The van der Waals surface area contributed by atoms with Crippen molar-refractivity contribution >= 4 is 66.7 Å². The van der Waals surface area contributed by atoms with Crippen LogP contribution in [-0.4, -0.2) is 50.3 Å². The van der Waals surface area contributed by atoms with Gasteiger partial charge in [0, 0.05) is 27.6 Å². The number of hydrogen-bond acceptors (Lipinski definition) is 5. The first-order valence-electron chi connectivity index (χ1n) is 13.7. The molecule has 1 aliphatic heterocycles. The summed E-state index contributed by atoms with van der Waals surface area (Å²) in [7, 11) is -4.16. The van der Waals surface area contributed by atoms with E-state index in [1.165, 1.54) is 23.1 Å². The Morgan fingerprint density at radius 3 is 2.39 bits per heavy atom. The summed E-state index contributed by atoms with van der Waals surface area (Å²) in [5, 5.41) is 3.55. The molecule has 5 rings (SSSR count). The number of nitrogens with one attached hydrogen (secondary N) is 1. The Kier molecular flexibility index (Phi) is 10.3. The number of rotatable bonds is 10. The minimum absolute atomic E-state index is 0.0108. The van der Waals surface area contributed by atoms with Gasteiger partial charge in [0.15, 0.2) is 6.10 Å². The maximum absolute atomic E-state index is 14.0. The molecular formula is C32H28BrCl2N3O5S. The Labute approximate surface area is 274 Å². The molecule has 12 heteroatoms. The SMILES string of the molecule is O=C(NCCc1ccccc1)C1CN(C(=O)CN(Cc2ccc(Cl)cc2Cl)S(=O)(=O)c2ccc(Br)cc2)c2ccccc2O1. The number of benzene rings is 4. The molecule has 1 aliphatic rings. The highest BCUT2D eigenvalue weighted by Crippen LogP contribution is 2.34. The van der Waals surface area contributed by atoms with Crippen LogP contribution in [0.25, 0.3) is 0 Å². The highest BCUT2D eigenvalue weighted by molar-refractivity contribution is 9.10. The van der Waals surface area contributed by atoms with E-state index in [1.54, 1.807) is 48.5 Å². The minimum atomic E-state index is -4.16. The molecular weight excluding hydrogens is 689 g/mol. The van der Waals surface area contributed by atoms with Gasteiger partial charge in [0.1, 0.15) is 5.75 Å². The second-order valence-electron chi connectivity index (χ2n) is 10.1. The van der Waals surface area contributed by atoms with E-state index in [2.05, 4.69) is 21.2 Å². The number of halogens is 3. The molecule has 1 N–H and O–H groups in total. The number of amides is 2. The molecule has 1 heterocycles. The van der Waals surface area contributed by atoms with E-state index in [4.69, 9.17) is 27.9 Å². The van der Waals surface area contributed by atoms with Crippen LogP contribution in [0.4, 0.5) is 5.69 Å². The smallest absolute Gasteiger partial charge is 0.262 e. The summed E-state index contributed by atoms with van der Waals surface area (Å²) in [6.45, 7) is -0.413. The third kappa shape index (κ3) is 7.62. The summed E-state index contributed by atoms with van der Waals surface area (Å²) in [5.74, 6) is -0.562. The van der Waals surface area contributed by atoms with Crippen molar-refractivity contribution in [2.24, 2.45) is 0 Å². The van der Waals surface area contributed by atoms with Gasteiger partial charge in [-0.15, -0.1) is 0 Å². The van der Waals surface area contributed by atoms with Crippen molar-refractivity contribution in [3.05, 3.63) is 123 Å². The summed E-state index contributed by atoms with van der Waals surface area (Å²) in [4.78, 5) is 28.5. The van der Waals surface area contributed by atoms with Crippen LogP contribution < -0.4 is 15.0 Å². The summed E-state index contributed by atoms with van der Waals surface area (Å²) < 4.78 is 35.5. The number of carbonyl (C=O) groups is 2. The number of hydrogen-bond donors (Lipinski definition) is 1. The number of ether oxygens (including phenoxy) is 1. The van der Waals surface area contributed by atoms with E-state index >= 15 is 0 Å². The van der Waals surface area contributed by atoms with Gasteiger partial charge in [0.05, 0.1) is 23.7 Å². The second kappa shape index (κ2) is 14.1. The molecule has 1 atom stereocenters. The largest absolute Gasteiger partial charge is 0.477 e. The summed E-state index contributed by atoms with van der Waals surface area (Å²) in [5.41, 5.74) is 1.99. The van der Waals surface area contributed by atoms with Gasteiger partial charge in [-0.1, -0.05) is 87.7 Å². The van der Waals surface area contributed by atoms with E-state index in [9.17, 15) is 18.0 Å². The molecule has 2 amide bonds. The average Bonchev–Trinajstić information content (AvgIpc) is 3.02. The second-order valence-corrected chi connectivity index (χ2v) is 13.8. The summed E-state index contributed by atoms with van der Waals surface area (Å²) >= 11 is 15.8. The predicted octanol–water partition coefficient (Wildman–Crippen LogP) is 6.10. The summed E-state index contributed by atoms with van der Waals surface area (Å²) in [6, 6.07) is 27.5. The molecule has 228 valence electrons. The van der Waals surface area contributed by atoms with E-state index in [0.29, 0.717) is 39.5 Å². The zero-order valence-corrected chi connectivity index (χ0v) is 27.2. The lowest BCUT2D eigenvalue weighted by Crippen LogP contribution is -2.53. The van der Waals surface area contributed by atoms with Gasteiger partial charge in [-0.2, -0.15) is 4.31 Å². The van der Waals surface area contributed by atoms with Crippen molar-refractivity contribution in [2.75, 3.05) is 24.5 Å². The van der Waals surface area contributed by atoms with Crippen LogP contribution in [-0.2, 0) is 32.6 Å². The maximum Gasteiger partial charge on any atom is 0.262 e. The first-order valence-corrected chi connectivity index (χ1v) is 16.7. The van der Waals surface area contributed by atoms with Crippen LogP contribution in [0.15, 0.2) is 106 Å². The van der Waals surface area contributed by atoms with E-state index < -0.39 is 28.6 Å². The Balaban J connectivity index is 1.39. The third-order valence-corrected chi connectivity index (χ3v) is 9.97. The lowest BCUT2D eigenvalue weighted by molar-refractivity contribution is -0.128. The molecule has 4 aromatic carbocycles. The first kappa shape index (κ1) is 32.0. The van der Waals surface area contributed by atoms with Crippen molar-refractivity contribution < 1.29 is 22.7 Å². The van der Waals surface area contributed by atoms with Gasteiger partial charge >= 0.3 is 0 Å². The molecule has 0 saturated heterocycles. The van der Waals surface area contributed by atoms with Gasteiger partial charge in [-0.05, 0) is 66.1 Å². The van der Waals surface area contributed by atoms with Crippen LogP contribution >= 0.6 is 39.1 Å². The fourth-order valence-electron chi connectivity index (χ4n) is 4.75. The Morgan fingerprint density at radius 1 is 0.955 bits per heavy atom. The van der Waals surface area contributed by atoms with Gasteiger partial charge in [0.2, 0.25) is 15.9 Å². The molecule has 0 spiro atoms. The number of carbonyl (C=O) groups excluding carboxylic acids is 2. The van der Waals surface area contributed by atoms with E-state index in [0.717, 1.165) is 9.87 Å². The molecule has 0 bridgehead atoms. The fourth-order valence-corrected chi connectivity index (χ4v) is 6.85. The number of para-hydroxylation sites is 2. The molecule has 44 heavy (non-hydrogen) atoms. The van der Waals surface area contributed by atoms with E-state index in [-0.39, 0.29) is 28.9 Å². The van der Waals surface area contributed by atoms with Crippen molar-refractivity contribution in [1.82, 2.24) is 9.62 Å². The Morgan fingerprint density at radius 2 is 1.66 bits per heavy atom. The topological polar surface area (TPSA) is 96.0 Å². The standard InChI is InChI=1S/C32H28BrCl2N3O5S/c33-24-11-14-26(15-12-24)44(41,42)37(19-23-10-13-25(34)18-27(23)35)21-31(39)38-20-30(43-29-9-5-4-8-28(29)38)32(40)36-17-16-22-6-2-1-3-7-22/h1-15,18,30H,16-17,19-21H2,(H,36,40). The summed E-state index contributed by atoms with van der Waals surface area (Å²) in [6.07, 6.45) is -0.360. The Hall–Kier alpha value is -3.41. The lowest BCUT2D eigenvalue weighted by Gasteiger charge is -2.35. The molecule has 0 aliphatic carbocycles. The molecule has 0 radical (unpaired) electrons. The number of sulfonamides is 1. The normalized spacial score (nSPS) is 14.5. The monoisotopic (exact) mass is 715 g/mol. The minimum Gasteiger partial charge on any atom is -0.477 e. The van der Waals surface area contributed by atoms with Crippen LogP contribution in [0.2, 0.25) is 10.0 Å². The quantitative estimate of drug-likeness (QED) is 0.214. The third-order valence-electron chi connectivity index (χ3n) is 7.05. The van der Waals surface area contributed by atoms with Gasteiger partial charge in [-0.3, -0.25) is 9.59 Å². The number of nitrogens with zero attached hydrogens (tertiary/aromatic N) is 2. The highest BCUT2D eigenvalue weighted by atomic mass is 79.9. The lowest BCUT2D eigenvalue weighted by atomic mass is 10.1. The van der Waals surface area contributed by atoms with Crippen LogP contribution in [0.1, 0.15) is 11.1 Å². The Bertz CT molecular complexity index is 1760. The van der Waals surface area contributed by atoms with Crippen LogP contribution in [0.5, 0.6) is 5.75 Å². The van der Waals surface area contributed by atoms with Crippen LogP contribution in [0.3, 0.4) is 0 Å². The molecule has 0 aromatic heterocycles. The molecule has 8 nitrogen and oxygen atoms in total. The molecule has 1 unspecified atom stereocenters. The van der Waals surface area contributed by atoms with Gasteiger partial charge < -0.3 is 15.0 Å². The number of anilines is 1. The number of fused-ring (bicyclic) bond motifs is 1. The molecule has 0 saturated carbocycles. The highest BCUT2D eigenvalue weighted by Gasteiger charge is 2.36. The van der Waals surface area contributed by atoms with Crippen molar-refractivity contribution in [2.45, 2.75) is 24.0 Å². The van der Waals surface area contributed by atoms with Crippen molar-refractivity contribution in [1.29, 1.82) is 0 Å². The maximum atomic E-state index is 14.0. The fraction of sp³-hybridized carbons (Fsp3) is 0.188. The molecule has 4 aromatic rings.